The number of carbonyl (C=O) groups is 1. The quantitative estimate of drug-likeness (QED) is 0.582. The molecule has 0 bridgehead atoms. The van der Waals surface area contributed by atoms with E-state index in [0.717, 1.165) is 6.42 Å². The largest absolute Gasteiger partial charge is 0.338 e. The van der Waals surface area contributed by atoms with Crippen LogP contribution in [0.2, 0.25) is 0 Å². The van der Waals surface area contributed by atoms with Crippen molar-refractivity contribution in [1.29, 1.82) is 0 Å². The number of aromatic nitrogens is 2. The molecular weight excluding hydrogens is 382 g/mol. The van der Waals surface area contributed by atoms with E-state index in [-0.39, 0.29) is 34.8 Å². The molecule has 0 aliphatic carbocycles. The number of rotatable bonds is 6. The van der Waals surface area contributed by atoms with E-state index in [2.05, 4.69) is 9.97 Å². The standard InChI is InChI=1S/C15H19N3O4S3/c1-2-5-18(10-4-7-25(21,22)9-10)12(19)8-24-15-16-13(20)11-3-6-23-14(11)17-15/h3,6,10H,2,4-5,7-9H2,1H3,(H,16,17,20)/t10-/m1/s1. The summed E-state index contributed by atoms with van der Waals surface area (Å²) in [5.74, 6) is 0.181. The molecule has 136 valence electrons. The van der Waals surface area contributed by atoms with Crippen LogP contribution in [0.25, 0.3) is 10.2 Å². The van der Waals surface area contributed by atoms with E-state index in [1.54, 1.807) is 16.3 Å². The highest BCUT2D eigenvalue weighted by Gasteiger charge is 2.34. The zero-order chi connectivity index (χ0) is 18.0. The van der Waals surface area contributed by atoms with Gasteiger partial charge in [0.1, 0.15) is 4.83 Å². The first-order chi connectivity index (χ1) is 11.9. The van der Waals surface area contributed by atoms with Gasteiger partial charge in [-0.1, -0.05) is 18.7 Å². The molecule has 3 rings (SSSR count). The van der Waals surface area contributed by atoms with Crippen LogP contribution in [-0.2, 0) is 14.6 Å². The number of nitrogens with one attached hydrogen (secondary N) is 1. The summed E-state index contributed by atoms with van der Waals surface area (Å²) < 4.78 is 23.4. The fourth-order valence-corrected chi connectivity index (χ4v) is 6.20. The first-order valence-corrected chi connectivity index (χ1v) is 11.7. The second kappa shape index (κ2) is 7.46. The molecule has 1 atom stereocenters. The van der Waals surface area contributed by atoms with Gasteiger partial charge in [0, 0.05) is 12.6 Å². The van der Waals surface area contributed by atoms with Crippen molar-refractivity contribution in [2.75, 3.05) is 23.8 Å². The molecule has 7 nitrogen and oxygen atoms in total. The van der Waals surface area contributed by atoms with Gasteiger partial charge in [0.15, 0.2) is 15.0 Å². The Balaban J connectivity index is 1.69. The molecule has 25 heavy (non-hydrogen) atoms. The lowest BCUT2D eigenvalue weighted by Crippen LogP contribution is -2.42. The molecule has 1 aliphatic heterocycles. The SMILES string of the molecule is CCCN(C(=O)CSc1nc2sccc2c(=O)[nH]1)[C@@H]1CCS(=O)(=O)C1. The predicted molar refractivity (Wildman–Crippen MR) is 100 cm³/mol. The summed E-state index contributed by atoms with van der Waals surface area (Å²) in [6.45, 7) is 2.49. The molecule has 1 saturated heterocycles. The fourth-order valence-electron chi connectivity index (χ4n) is 2.90. The molecule has 3 heterocycles. The number of amides is 1. The van der Waals surface area contributed by atoms with Gasteiger partial charge in [-0.25, -0.2) is 13.4 Å². The molecule has 0 saturated carbocycles. The Bertz CT molecular complexity index is 935. The van der Waals surface area contributed by atoms with Crippen molar-refractivity contribution in [1.82, 2.24) is 14.9 Å². The first-order valence-electron chi connectivity index (χ1n) is 8.00. The van der Waals surface area contributed by atoms with Crippen LogP contribution in [0.3, 0.4) is 0 Å². The highest BCUT2D eigenvalue weighted by Crippen LogP contribution is 2.22. The number of nitrogens with zero attached hydrogens (tertiary/aromatic N) is 2. The third kappa shape index (κ3) is 4.24. The van der Waals surface area contributed by atoms with E-state index in [9.17, 15) is 18.0 Å². The predicted octanol–water partition coefficient (Wildman–Crippen LogP) is 1.50. The summed E-state index contributed by atoms with van der Waals surface area (Å²) in [4.78, 5) is 33.9. The molecule has 0 radical (unpaired) electrons. The number of aromatic amines is 1. The smallest absolute Gasteiger partial charge is 0.260 e. The van der Waals surface area contributed by atoms with E-state index in [0.29, 0.717) is 28.3 Å². The van der Waals surface area contributed by atoms with Gasteiger partial charge in [-0.05, 0) is 24.3 Å². The fraction of sp³-hybridized carbons (Fsp3) is 0.533. The molecular formula is C15H19N3O4S3. The number of sulfone groups is 1. The van der Waals surface area contributed by atoms with Crippen molar-refractivity contribution < 1.29 is 13.2 Å². The minimum atomic E-state index is -3.04. The second-order valence-electron chi connectivity index (χ2n) is 5.94. The van der Waals surface area contributed by atoms with Crippen molar-refractivity contribution in [2.24, 2.45) is 0 Å². The van der Waals surface area contributed by atoms with Crippen molar-refractivity contribution in [3.8, 4) is 0 Å². The van der Waals surface area contributed by atoms with Crippen LogP contribution < -0.4 is 5.56 Å². The summed E-state index contributed by atoms with van der Waals surface area (Å²) in [7, 11) is -3.04. The van der Waals surface area contributed by atoms with Gasteiger partial charge in [-0.15, -0.1) is 11.3 Å². The molecule has 1 aliphatic rings. The maximum absolute atomic E-state index is 12.6. The van der Waals surface area contributed by atoms with Gasteiger partial charge in [-0.3, -0.25) is 9.59 Å². The van der Waals surface area contributed by atoms with Crippen LogP contribution in [0.5, 0.6) is 0 Å². The minimum absolute atomic E-state index is 0.0413. The molecule has 10 heteroatoms. The minimum Gasteiger partial charge on any atom is -0.338 e. The number of fused-ring (bicyclic) bond motifs is 1. The average Bonchev–Trinajstić information content (AvgIpc) is 3.16. The van der Waals surface area contributed by atoms with Gasteiger partial charge < -0.3 is 9.88 Å². The highest BCUT2D eigenvalue weighted by molar-refractivity contribution is 7.99. The van der Waals surface area contributed by atoms with Gasteiger partial charge in [0.05, 0.1) is 22.6 Å². The van der Waals surface area contributed by atoms with Gasteiger partial charge in [-0.2, -0.15) is 0 Å². The molecule has 2 aromatic heterocycles. The van der Waals surface area contributed by atoms with Gasteiger partial charge in [0.2, 0.25) is 5.91 Å². The van der Waals surface area contributed by atoms with Crippen molar-refractivity contribution in [3.63, 3.8) is 0 Å². The maximum atomic E-state index is 12.6. The number of H-pyrrole nitrogens is 1. The van der Waals surface area contributed by atoms with E-state index >= 15 is 0 Å². The van der Waals surface area contributed by atoms with Gasteiger partial charge in [0.25, 0.3) is 5.56 Å². The Hall–Kier alpha value is -1.39. The second-order valence-corrected chi connectivity index (χ2v) is 10.0. The number of thioether (sulfide) groups is 1. The number of carbonyl (C=O) groups excluding carboxylic acids is 1. The lowest BCUT2D eigenvalue weighted by Gasteiger charge is -2.27. The van der Waals surface area contributed by atoms with Crippen LogP contribution in [-0.4, -0.2) is 59.0 Å². The van der Waals surface area contributed by atoms with Crippen LogP contribution in [0, 0.1) is 0 Å². The third-order valence-electron chi connectivity index (χ3n) is 4.08. The summed E-state index contributed by atoms with van der Waals surface area (Å²) in [6.07, 6.45) is 1.26. The zero-order valence-corrected chi connectivity index (χ0v) is 16.2. The zero-order valence-electron chi connectivity index (χ0n) is 13.7. The number of thiophene rings is 1. The van der Waals surface area contributed by atoms with Crippen molar-refractivity contribution in [3.05, 3.63) is 21.8 Å². The lowest BCUT2D eigenvalue weighted by atomic mass is 10.2. The molecule has 1 N–H and O–H groups in total. The normalized spacial score (nSPS) is 19.3. The Morgan fingerprint density at radius 2 is 2.32 bits per heavy atom. The first kappa shape index (κ1) is 18.4. The number of hydrogen-bond acceptors (Lipinski definition) is 7. The van der Waals surface area contributed by atoms with Gasteiger partial charge >= 0.3 is 0 Å². The van der Waals surface area contributed by atoms with Crippen LogP contribution in [0.4, 0.5) is 0 Å². The van der Waals surface area contributed by atoms with E-state index < -0.39 is 9.84 Å². The van der Waals surface area contributed by atoms with E-state index in [1.165, 1.54) is 23.1 Å². The van der Waals surface area contributed by atoms with Crippen molar-refractivity contribution in [2.45, 2.75) is 31.0 Å². The lowest BCUT2D eigenvalue weighted by molar-refractivity contribution is -0.130. The molecule has 0 aromatic carbocycles. The monoisotopic (exact) mass is 401 g/mol. The van der Waals surface area contributed by atoms with E-state index in [4.69, 9.17) is 0 Å². The number of hydrogen-bond donors (Lipinski definition) is 1. The summed E-state index contributed by atoms with van der Waals surface area (Å²) in [5.41, 5.74) is -0.214. The maximum Gasteiger partial charge on any atom is 0.260 e. The third-order valence-corrected chi connectivity index (χ3v) is 7.49. The molecule has 2 aromatic rings. The summed E-state index contributed by atoms with van der Waals surface area (Å²) in [5, 5.41) is 2.75. The topological polar surface area (TPSA) is 100 Å². The molecule has 0 spiro atoms. The van der Waals surface area contributed by atoms with Crippen LogP contribution in [0.15, 0.2) is 21.4 Å². The average molecular weight is 402 g/mol. The molecule has 1 fully saturated rings. The van der Waals surface area contributed by atoms with Crippen LogP contribution in [0.1, 0.15) is 19.8 Å². The molecule has 0 unspecified atom stereocenters. The van der Waals surface area contributed by atoms with E-state index in [1.807, 2.05) is 6.92 Å². The Labute approximate surface area is 153 Å². The van der Waals surface area contributed by atoms with Crippen LogP contribution >= 0.6 is 23.1 Å². The summed E-state index contributed by atoms with van der Waals surface area (Å²) >= 11 is 2.55. The Morgan fingerprint density at radius 1 is 1.52 bits per heavy atom. The highest BCUT2D eigenvalue weighted by atomic mass is 32.2. The Kier molecular flexibility index (Phi) is 5.49. The molecule has 1 amide bonds. The Morgan fingerprint density at radius 3 is 3.00 bits per heavy atom. The summed E-state index contributed by atoms with van der Waals surface area (Å²) in [6, 6.07) is 1.47. The van der Waals surface area contributed by atoms with Crippen molar-refractivity contribution >= 4 is 49.1 Å².